The molecule has 0 N–H and O–H groups in total. The summed E-state index contributed by atoms with van der Waals surface area (Å²) in [5.74, 6) is 0. The van der Waals surface area contributed by atoms with Crippen LogP contribution in [0, 0.1) is 0 Å². The van der Waals surface area contributed by atoms with Crippen LogP contribution in [0.2, 0.25) is 0 Å². The molecule has 54 heavy (non-hydrogen) atoms. The topological polar surface area (TPSA) is 6.48 Å². The minimum atomic E-state index is 1.11. The zero-order valence-corrected chi connectivity index (χ0v) is 29.7. The molecular weight excluding hydrogens is 653 g/mol. The van der Waals surface area contributed by atoms with Gasteiger partial charge >= 0.3 is 0 Å². The summed E-state index contributed by atoms with van der Waals surface area (Å²) in [6.45, 7) is 0. The molecule has 10 rings (SSSR count). The molecule has 0 saturated heterocycles. The second-order valence-corrected chi connectivity index (χ2v) is 13.8. The van der Waals surface area contributed by atoms with Crippen molar-refractivity contribution in [3.05, 3.63) is 218 Å². The van der Waals surface area contributed by atoms with Crippen molar-refractivity contribution >= 4 is 77.2 Å². The van der Waals surface area contributed by atoms with E-state index in [2.05, 4.69) is 228 Å². The maximum absolute atomic E-state index is 2.41. The van der Waals surface area contributed by atoms with E-state index < -0.39 is 0 Å². The molecule has 0 fully saturated rings. The van der Waals surface area contributed by atoms with Gasteiger partial charge < -0.3 is 9.80 Å². The number of fused-ring (bicyclic) bond motifs is 4. The molecule has 0 saturated carbocycles. The monoisotopic (exact) mass is 688 g/mol. The third kappa shape index (κ3) is 5.71. The van der Waals surface area contributed by atoms with Crippen molar-refractivity contribution in [2.24, 2.45) is 0 Å². The smallest absolute Gasteiger partial charge is 0.0540 e. The van der Waals surface area contributed by atoms with Gasteiger partial charge in [-0.1, -0.05) is 158 Å². The SMILES string of the molecule is c1ccc2cc(N(c3ccc(-c4ccc(N(c5cccc6ccccc56)c5cccc6ccccc56)cc4)cc3)c3ccc4ccccc4c3)ccc2c1. The van der Waals surface area contributed by atoms with Crippen molar-refractivity contribution in [2.75, 3.05) is 9.80 Å². The molecule has 2 heteroatoms. The van der Waals surface area contributed by atoms with Crippen molar-refractivity contribution in [3.63, 3.8) is 0 Å². The predicted octanol–water partition coefficient (Wildman–Crippen LogP) is 14.9. The van der Waals surface area contributed by atoms with Crippen LogP contribution < -0.4 is 9.80 Å². The number of hydrogen-bond donors (Lipinski definition) is 0. The molecule has 0 aliphatic rings. The lowest BCUT2D eigenvalue weighted by molar-refractivity contribution is 1.29. The molecule has 10 aromatic rings. The van der Waals surface area contributed by atoms with Gasteiger partial charge in [0, 0.05) is 33.5 Å². The Bertz CT molecular complexity index is 2780. The van der Waals surface area contributed by atoms with Gasteiger partial charge in [-0.2, -0.15) is 0 Å². The van der Waals surface area contributed by atoms with Crippen LogP contribution in [-0.4, -0.2) is 0 Å². The Balaban J connectivity index is 1.04. The highest BCUT2D eigenvalue weighted by Crippen LogP contribution is 2.43. The summed E-state index contributed by atoms with van der Waals surface area (Å²) in [5, 5.41) is 9.79. The van der Waals surface area contributed by atoms with Crippen LogP contribution in [-0.2, 0) is 0 Å². The third-order valence-electron chi connectivity index (χ3n) is 10.6. The van der Waals surface area contributed by atoms with Gasteiger partial charge in [-0.3, -0.25) is 0 Å². The van der Waals surface area contributed by atoms with E-state index in [9.17, 15) is 0 Å². The van der Waals surface area contributed by atoms with Crippen LogP contribution in [0.25, 0.3) is 54.2 Å². The van der Waals surface area contributed by atoms with Crippen molar-refractivity contribution in [2.45, 2.75) is 0 Å². The number of hydrogen-bond acceptors (Lipinski definition) is 2. The lowest BCUT2D eigenvalue weighted by atomic mass is 10.0. The van der Waals surface area contributed by atoms with Crippen molar-refractivity contribution in [1.29, 1.82) is 0 Å². The molecule has 0 heterocycles. The van der Waals surface area contributed by atoms with Crippen LogP contribution in [0.5, 0.6) is 0 Å². The second-order valence-electron chi connectivity index (χ2n) is 13.8. The van der Waals surface area contributed by atoms with Crippen LogP contribution in [0.3, 0.4) is 0 Å². The molecule has 0 bridgehead atoms. The standard InChI is InChI=1S/C52H36N2/c1-3-15-43-35-47(33-27-37(43)11-1)53(48-34-28-38-12-2-4-16-44(38)36-48)45-29-23-39(24-30-45)40-25-31-46(32-26-40)54(51-21-9-17-41-13-5-7-19-49(41)51)52-22-10-18-42-14-6-8-20-50(42)52/h1-36H. The molecule has 0 atom stereocenters. The van der Waals surface area contributed by atoms with Crippen molar-refractivity contribution in [3.8, 4) is 11.1 Å². The molecule has 0 aromatic heterocycles. The fourth-order valence-electron chi connectivity index (χ4n) is 7.90. The fourth-order valence-corrected chi connectivity index (χ4v) is 7.90. The van der Waals surface area contributed by atoms with Crippen LogP contribution in [0.15, 0.2) is 218 Å². The molecule has 0 amide bonds. The first-order chi connectivity index (χ1) is 26.8. The lowest BCUT2D eigenvalue weighted by Crippen LogP contribution is -2.11. The highest BCUT2D eigenvalue weighted by Gasteiger charge is 2.18. The zero-order valence-electron chi connectivity index (χ0n) is 29.7. The van der Waals surface area contributed by atoms with Gasteiger partial charge in [0.2, 0.25) is 0 Å². The van der Waals surface area contributed by atoms with E-state index in [-0.39, 0.29) is 0 Å². The van der Waals surface area contributed by atoms with E-state index in [1.54, 1.807) is 0 Å². The third-order valence-corrected chi connectivity index (χ3v) is 10.6. The predicted molar refractivity (Wildman–Crippen MR) is 231 cm³/mol. The van der Waals surface area contributed by atoms with Gasteiger partial charge in [0.1, 0.15) is 0 Å². The summed E-state index contributed by atoms with van der Waals surface area (Å²) in [6.07, 6.45) is 0. The Labute approximate surface area is 315 Å². The normalized spacial score (nSPS) is 11.3. The summed E-state index contributed by atoms with van der Waals surface area (Å²) < 4.78 is 0. The lowest BCUT2D eigenvalue weighted by Gasteiger charge is -2.28. The Morgan fingerprint density at radius 2 is 0.574 bits per heavy atom. The largest absolute Gasteiger partial charge is 0.310 e. The Morgan fingerprint density at radius 3 is 1.04 bits per heavy atom. The first kappa shape index (κ1) is 31.6. The number of nitrogens with zero attached hydrogens (tertiary/aromatic N) is 2. The highest BCUT2D eigenvalue weighted by atomic mass is 15.1. The van der Waals surface area contributed by atoms with Gasteiger partial charge in [0.15, 0.2) is 0 Å². The van der Waals surface area contributed by atoms with Gasteiger partial charge in [-0.15, -0.1) is 0 Å². The highest BCUT2D eigenvalue weighted by molar-refractivity contribution is 6.05. The van der Waals surface area contributed by atoms with E-state index in [4.69, 9.17) is 0 Å². The van der Waals surface area contributed by atoms with Gasteiger partial charge in [-0.25, -0.2) is 0 Å². The maximum atomic E-state index is 2.41. The molecule has 0 spiro atoms. The molecule has 2 nitrogen and oxygen atoms in total. The summed E-state index contributed by atoms with van der Waals surface area (Å²) >= 11 is 0. The second kappa shape index (κ2) is 13.4. The van der Waals surface area contributed by atoms with Crippen molar-refractivity contribution < 1.29 is 0 Å². The summed E-state index contributed by atoms with van der Waals surface area (Å²) in [4.78, 5) is 4.76. The van der Waals surface area contributed by atoms with Gasteiger partial charge in [0.05, 0.1) is 11.4 Å². The Kier molecular flexibility index (Phi) is 7.85. The minimum absolute atomic E-state index is 1.11. The molecule has 0 aliphatic heterocycles. The van der Waals surface area contributed by atoms with Crippen molar-refractivity contribution in [1.82, 2.24) is 0 Å². The molecule has 254 valence electrons. The quantitative estimate of drug-likeness (QED) is 0.164. The summed E-state index contributed by atoms with van der Waals surface area (Å²) in [5.41, 5.74) is 9.13. The number of anilines is 6. The molecule has 0 radical (unpaired) electrons. The van der Waals surface area contributed by atoms with Crippen LogP contribution >= 0.6 is 0 Å². The Morgan fingerprint density at radius 1 is 0.222 bits per heavy atom. The van der Waals surface area contributed by atoms with E-state index in [0.29, 0.717) is 0 Å². The average molecular weight is 689 g/mol. The van der Waals surface area contributed by atoms with Gasteiger partial charge in [-0.05, 0) is 104 Å². The maximum Gasteiger partial charge on any atom is 0.0540 e. The van der Waals surface area contributed by atoms with Crippen LogP contribution in [0.1, 0.15) is 0 Å². The van der Waals surface area contributed by atoms with Gasteiger partial charge in [0.25, 0.3) is 0 Å². The Hall–Kier alpha value is -7.16. The average Bonchev–Trinajstić information content (AvgIpc) is 3.24. The van der Waals surface area contributed by atoms with E-state index >= 15 is 0 Å². The number of benzene rings is 10. The molecular formula is C52H36N2. The first-order valence-electron chi connectivity index (χ1n) is 18.5. The van der Waals surface area contributed by atoms with Crippen LogP contribution in [0.4, 0.5) is 34.1 Å². The first-order valence-corrected chi connectivity index (χ1v) is 18.5. The van der Waals surface area contributed by atoms with E-state index in [1.165, 1.54) is 54.2 Å². The van der Waals surface area contributed by atoms with E-state index in [0.717, 1.165) is 34.1 Å². The number of rotatable bonds is 7. The van der Waals surface area contributed by atoms with E-state index in [1.807, 2.05) is 0 Å². The summed E-state index contributed by atoms with van der Waals surface area (Å²) in [7, 11) is 0. The molecule has 10 aromatic carbocycles. The summed E-state index contributed by atoms with van der Waals surface area (Å²) in [6, 6.07) is 79.0. The molecule has 0 aliphatic carbocycles. The minimum Gasteiger partial charge on any atom is -0.310 e. The fraction of sp³-hybridized carbons (Fsp3) is 0. The molecule has 0 unspecified atom stereocenters. The zero-order chi connectivity index (χ0) is 35.8.